The topological polar surface area (TPSA) is 38.9 Å². The molecule has 0 N–H and O–H groups in total. The summed E-state index contributed by atoms with van der Waals surface area (Å²) in [7, 11) is 0. The van der Waals surface area contributed by atoms with Gasteiger partial charge in [0.25, 0.3) is 0 Å². The van der Waals surface area contributed by atoms with E-state index in [2.05, 4.69) is 26.1 Å². The molecule has 0 aromatic carbocycles. The van der Waals surface area contributed by atoms with Gasteiger partial charge in [-0.25, -0.2) is 0 Å². The summed E-state index contributed by atoms with van der Waals surface area (Å²) >= 11 is 3.37. The molecule has 9 heavy (non-hydrogen) atoms. The summed E-state index contributed by atoms with van der Waals surface area (Å²) in [5.41, 5.74) is 0. The van der Waals surface area contributed by atoms with Crippen molar-refractivity contribution in [1.82, 2.24) is 10.1 Å². The van der Waals surface area contributed by atoms with E-state index in [4.69, 9.17) is 4.52 Å². The highest BCUT2D eigenvalue weighted by Crippen LogP contribution is 2.22. The number of hydrogen-bond acceptors (Lipinski definition) is 3. The maximum Gasteiger partial charge on any atom is 0.240 e. The number of alkyl halides is 1. The van der Waals surface area contributed by atoms with Crippen molar-refractivity contribution in [3.8, 4) is 0 Å². The summed E-state index contributed by atoms with van der Waals surface area (Å²) in [6, 6.07) is 0. The van der Waals surface area contributed by atoms with Gasteiger partial charge in [-0.2, -0.15) is 4.98 Å². The minimum Gasteiger partial charge on any atom is -0.338 e. The van der Waals surface area contributed by atoms with Gasteiger partial charge in [0.15, 0.2) is 6.33 Å². The second kappa shape index (κ2) is 2.96. The Morgan fingerprint density at radius 2 is 2.67 bits per heavy atom. The largest absolute Gasteiger partial charge is 0.338 e. The summed E-state index contributed by atoms with van der Waals surface area (Å²) < 4.78 is 4.78. The molecule has 0 amide bonds. The van der Waals surface area contributed by atoms with Crippen LogP contribution in [0, 0.1) is 0 Å². The Kier molecular flexibility index (Phi) is 2.22. The van der Waals surface area contributed by atoms with Crippen molar-refractivity contribution in [2.45, 2.75) is 18.2 Å². The Morgan fingerprint density at radius 3 is 3.11 bits per heavy atom. The van der Waals surface area contributed by atoms with Crippen molar-refractivity contribution in [3.63, 3.8) is 0 Å². The van der Waals surface area contributed by atoms with Crippen LogP contribution in [0.25, 0.3) is 0 Å². The van der Waals surface area contributed by atoms with Gasteiger partial charge in [0, 0.05) is 0 Å². The Bertz CT molecular complexity index is 163. The monoisotopic (exact) mass is 190 g/mol. The molecule has 1 rings (SSSR count). The van der Waals surface area contributed by atoms with Crippen LogP contribution in [0.4, 0.5) is 0 Å². The SMILES string of the molecule is CCC(Br)c1ncno1. The van der Waals surface area contributed by atoms with Crippen LogP contribution in [0.5, 0.6) is 0 Å². The molecule has 0 aliphatic rings. The third-order valence-corrected chi connectivity index (χ3v) is 2.04. The van der Waals surface area contributed by atoms with Gasteiger partial charge in [0.2, 0.25) is 5.89 Å². The van der Waals surface area contributed by atoms with E-state index in [0.29, 0.717) is 5.89 Å². The average molecular weight is 191 g/mol. The van der Waals surface area contributed by atoms with E-state index in [1.54, 1.807) is 0 Å². The van der Waals surface area contributed by atoms with Crippen LogP contribution >= 0.6 is 15.9 Å². The molecule has 0 spiro atoms. The second-order valence-corrected chi connectivity index (χ2v) is 2.76. The maximum atomic E-state index is 4.78. The van der Waals surface area contributed by atoms with Crippen molar-refractivity contribution in [3.05, 3.63) is 12.2 Å². The lowest BCUT2D eigenvalue weighted by Crippen LogP contribution is -1.85. The molecule has 0 aliphatic carbocycles. The number of rotatable bonds is 2. The number of aromatic nitrogens is 2. The highest BCUT2D eigenvalue weighted by molar-refractivity contribution is 9.09. The van der Waals surface area contributed by atoms with Crippen LogP contribution in [0.15, 0.2) is 10.9 Å². The molecule has 0 fully saturated rings. The van der Waals surface area contributed by atoms with Crippen LogP contribution in [0.2, 0.25) is 0 Å². The first kappa shape index (κ1) is 6.74. The third-order valence-electron chi connectivity index (χ3n) is 1.00. The standard InChI is InChI=1S/C5H7BrN2O/c1-2-4(6)5-7-3-8-9-5/h3-4H,2H2,1H3. The van der Waals surface area contributed by atoms with Crippen LogP contribution in [0.1, 0.15) is 24.1 Å². The van der Waals surface area contributed by atoms with Crippen molar-refractivity contribution in [2.24, 2.45) is 0 Å². The van der Waals surface area contributed by atoms with Gasteiger partial charge in [-0.15, -0.1) is 0 Å². The molecule has 0 saturated carbocycles. The lowest BCUT2D eigenvalue weighted by Gasteiger charge is -1.95. The number of halogens is 1. The van der Waals surface area contributed by atoms with Crippen molar-refractivity contribution in [1.29, 1.82) is 0 Å². The molecule has 50 valence electrons. The van der Waals surface area contributed by atoms with Gasteiger partial charge in [0.05, 0.1) is 4.83 Å². The zero-order chi connectivity index (χ0) is 6.69. The fourth-order valence-electron chi connectivity index (χ4n) is 0.494. The Hall–Kier alpha value is -0.380. The van der Waals surface area contributed by atoms with E-state index in [1.807, 2.05) is 6.92 Å². The molecule has 0 saturated heterocycles. The molecule has 1 aromatic rings. The quantitative estimate of drug-likeness (QED) is 0.670. The molecule has 3 nitrogen and oxygen atoms in total. The highest BCUT2D eigenvalue weighted by Gasteiger charge is 2.08. The van der Waals surface area contributed by atoms with Gasteiger partial charge in [-0.3, -0.25) is 0 Å². The van der Waals surface area contributed by atoms with Gasteiger partial charge in [-0.1, -0.05) is 28.0 Å². The van der Waals surface area contributed by atoms with Gasteiger partial charge < -0.3 is 4.52 Å². The summed E-state index contributed by atoms with van der Waals surface area (Å²) in [6.45, 7) is 2.05. The molecular formula is C5H7BrN2O. The molecule has 0 radical (unpaired) electrons. The number of hydrogen-bond donors (Lipinski definition) is 0. The molecule has 0 aliphatic heterocycles. The minimum atomic E-state index is 0.208. The third kappa shape index (κ3) is 1.51. The predicted octanol–water partition coefficient (Wildman–Crippen LogP) is 1.92. The van der Waals surface area contributed by atoms with E-state index in [9.17, 15) is 0 Å². The smallest absolute Gasteiger partial charge is 0.240 e. The van der Waals surface area contributed by atoms with E-state index < -0.39 is 0 Å². The molecular weight excluding hydrogens is 184 g/mol. The van der Waals surface area contributed by atoms with Crippen LogP contribution in [-0.4, -0.2) is 10.1 Å². The van der Waals surface area contributed by atoms with Gasteiger partial charge in [0.1, 0.15) is 0 Å². The summed E-state index contributed by atoms with van der Waals surface area (Å²) in [5.74, 6) is 0.650. The normalized spacial score (nSPS) is 13.6. The van der Waals surface area contributed by atoms with Crippen LogP contribution in [-0.2, 0) is 0 Å². The zero-order valence-corrected chi connectivity index (χ0v) is 6.63. The first-order valence-corrected chi connectivity index (χ1v) is 3.66. The van der Waals surface area contributed by atoms with E-state index in [1.165, 1.54) is 6.33 Å². The summed E-state index contributed by atoms with van der Waals surface area (Å²) in [6.07, 6.45) is 2.36. The first-order chi connectivity index (χ1) is 4.34. The molecule has 1 heterocycles. The maximum absolute atomic E-state index is 4.78. The molecule has 1 aromatic heterocycles. The fraction of sp³-hybridized carbons (Fsp3) is 0.600. The zero-order valence-electron chi connectivity index (χ0n) is 5.04. The van der Waals surface area contributed by atoms with E-state index >= 15 is 0 Å². The Balaban J connectivity index is 2.65. The van der Waals surface area contributed by atoms with Gasteiger partial charge >= 0.3 is 0 Å². The molecule has 4 heteroatoms. The lowest BCUT2D eigenvalue weighted by atomic mass is 10.3. The van der Waals surface area contributed by atoms with E-state index in [0.717, 1.165) is 6.42 Å². The van der Waals surface area contributed by atoms with Crippen molar-refractivity contribution < 1.29 is 4.52 Å². The molecule has 1 atom stereocenters. The Morgan fingerprint density at radius 1 is 1.89 bits per heavy atom. The highest BCUT2D eigenvalue weighted by atomic mass is 79.9. The second-order valence-electron chi connectivity index (χ2n) is 1.66. The van der Waals surface area contributed by atoms with Crippen molar-refractivity contribution >= 4 is 15.9 Å². The summed E-state index contributed by atoms with van der Waals surface area (Å²) in [4.78, 5) is 4.07. The number of nitrogens with zero attached hydrogens (tertiary/aromatic N) is 2. The summed E-state index contributed by atoms with van der Waals surface area (Å²) in [5, 5.41) is 3.48. The van der Waals surface area contributed by atoms with E-state index in [-0.39, 0.29) is 4.83 Å². The fourth-order valence-corrected chi connectivity index (χ4v) is 0.696. The first-order valence-electron chi connectivity index (χ1n) is 2.75. The minimum absolute atomic E-state index is 0.208. The van der Waals surface area contributed by atoms with Crippen molar-refractivity contribution in [2.75, 3.05) is 0 Å². The average Bonchev–Trinajstić information content (AvgIpc) is 2.37. The van der Waals surface area contributed by atoms with Crippen LogP contribution < -0.4 is 0 Å². The van der Waals surface area contributed by atoms with Crippen LogP contribution in [0.3, 0.4) is 0 Å². The van der Waals surface area contributed by atoms with Gasteiger partial charge in [-0.05, 0) is 6.42 Å². The predicted molar refractivity (Wildman–Crippen MR) is 36.3 cm³/mol. The molecule has 0 bridgehead atoms. The molecule has 1 unspecified atom stereocenters. The Labute approximate surface area is 61.6 Å². The lowest BCUT2D eigenvalue weighted by molar-refractivity contribution is 0.375.